The van der Waals surface area contributed by atoms with Gasteiger partial charge in [0.1, 0.15) is 16.8 Å². The molecule has 0 bridgehead atoms. The third kappa shape index (κ3) is 4.30. The molecule has 90 valence electrons. The van der Waals surface area contributed by atoms with Gasteiger partial charge in [-0.25, -0.2) is 9.97 Å². The second kappa shape index (κ2) is 6.62. The van der Waals surface area contributed by atoms with Crippen LogP contribution in [0.15, 0.2) is 6.07 Å². The number of aliphatic hydroxyl groups excluding tert-OH is 2. The van der Waals surface area contributed by atoms with E-state index in [9.17, 15) is 5.11 Å². The van der Waals surface area contributed by atoms with Crippen molar-refractivity contribution in [1.82, 2.24) is 9.97 Å². The van der Waals surface area contributed by atoms with E-state index in [0.717, 1.165) is 12.8 Å². The number of nitrogens with zero attached hydrogens (tertiary/aromatic N) is 2. The van der Waals surface area contributed by atoms with Crippen LogP contribution in [0.2, 0.25) is 5.15 Å². The second-order valence-corrected chi connectivity index (χ2v) is 3.85. The minimum Gasteiger partial charge on any atom is -0.394 e. The molecule has 5 nitrogen and oxygen atoms in total. The number of anilines is 1. The molecule has 0 amide bonds. The van der Waals surface area contributed by atoms with E-state index in [2.05, 4.69) is 15.3 Å². The Morgan fingerprint density at radius 1 is 1.50 bits per heavy atom. The Labute approximate surface area is 99.5 Å². The Bertz CT molecular complexity index is 336. The number of rotatable bonds is 6. The van der Waals surface area contributed by atoms with E-state index in [-0.39, 0.29) is 13.2 Å². The average Bonchev–Trinajstić information content (AvgIpc) is 2.25. The molecule has 1 aromatic heterocycles. The minimum atomic E-state index is -0.802. The Morgan fingerprint density at radius 3 is 2.88 bits per heavy atom. The summed E-state index contributed by atoms with van der Waals surface area (Å²) in [7, 11) is 0. The molecule has 0 fully saturated rings. The lowest BCUT2D eigenvalue weighted by atomic mass is 10.3. The highest BCUT2D eigenvalue weighted by molar-refractivity contribution is 6.29. The summed E-state index contributed by atoms with van der Waals surface area (Å²) in [5, 5.41) is 21.1. The summed E-state index contributed by atoms with van der Waals surface area (Å²) in [4.78, 5) is 8.30. The summed E-state index contributed by atoms with van der Waals surface area (Å²) >= 11 is 5.83. The molecule has 0 radical (unpaired) electrons. The van der Waals surface area contributed by atoms with Crippen LogP contribution >= 0.6 is 11.6 Å². The first-order valence-electron chi connectivity index (χ1n) is 5.22. The van der Waals surface area contributed by atoms with E-state index in [0.29, 0.717) is 16.8 Å². The summed E-state index contributed by atoms with van der Waals surface area (Å²) in [5.74, 6) is 1.24. The van der Waals surface area contributed by atoms with Gasteiger partial charge in [0.2, 0.25) is 0 Å². The highest BCUT2D eigenvalue weighted by Crippen LogP contribution is 2.12. The lowest BCUT2D eigenvalue weighted by molar-refractivity contribution is 0.105. The van der Waals surface area contributed by atoms with Gasteiger partial charge in [0.05, 0.1) is 12.7 Å². The van der Waals surface area contributed by atoms with Crippen LogP contribution in [0.3, 0.4) is 0 Å². The Morgan fingerprint density at radius 2 is 2.25 bits per heavy atom. The van der Waals surface area contributed by atoms with Crippen molar-refractivity contribution in [2.75, 3.05) is 18.5 Å². The standard InChI is InChI=1S/C10H16ClN3O2/c1-2-3-9-13-8(11)4-10(14-9)12-5-7(16)6-15/h4,7,15-16H,2-3,5-6H2,1H3,(H,12,13,14). The van der Waals surface area contributed by atoms with Gasteiger partial charge in [0.25, 0.3) is 0 Å². The first-order valence-corrected chi connectivity index (χ1v) is 5.59. The number of aromatic nitrogens is 2. The molecule has 1 unspecified atom stereocenters. The van der Waals surface area contributed by atoms with E-state index in [1.807, 2.05) is 6.92 Å². The average molecular weight is 246 g/mol. The molecule has 0 spiro atoms. The van der Waals surface area contributed by atoms with Crippen LogP contribution in [0.25, 0.3) is 0 Å². The molecule has 1 rings (SSSR count). The van der Waals surface area contributed by atoms with Crippen molar-refractivity contribution in [3.05, 3.63) is 17.0 Å². The Hall–Kier alpha value is -0.910. The smallest absolute Gasteiger partial charge is 0.134 e. The third-order valence-corrected chi connectivity index (χ3v) is 2.14. The number of aryl methyl sites for hydroxylation is 1. The Balaban J connectivity index is 2.64. The van der Waals surface area contributed by atoms with Crippen molar-refractivity contribution < 1.29 is 10.2 Å². The topological polar surface area (TPSA) is 78.3 Å². The molecular formula is C10H16ClN3O2. The zero-order valence-corrected chi connectivity index (χ0v) is 9.91. The summed E-state index contributed by atoms with van der Waals surface area (Å²) in [6.45, 7) is 1.98. The van der Waals surface area contributed by atoms with Crippen LogP contribution < -0.4 is 5.32 Å². The van der Waals surface area contributed by atoms with E-state index in [4.69, 9.17) is 16.7 Å². The number of aliphatic hydroxyl groups is 2. The van der Waals surface area contributed by atoms with Gasteiger partial charge in [-0.2, -0.15) is 0 Å². The van der Waals surface area contributed by atoms with Gasteiger partial charge in [0.15, 0.2) is 0 Å². The lowest BCUT2D eigenvalue weighted by Gasteiger charge is -2.10. The predicted octanol–water partition coefficient (Wildman–Crippen LogP) is 0.848. The first-order chi connectivity index (χ1) is 7.65. The monoisotopic (exact) mass is 245 g/mol. The minimum absolute atomic E-state index is 0.232. The first kappa shape index (κ1) is 13.2. The molecule has 0 saturated carbocycles. The zero-order valence-electron chi connectivity index (χ0n) is 9.15. The van der Waals surface area contributed by atoms with Gasteiger partial charge in [-0.3, -0.25) is 0 Å². The van der Waals surface area contributed by atoms with Crippen LogP contribution in [0, 0.1) is 0 Å². The van der Waals surface area contributed by atoms with Gasteiger partial charge < -0.3 is 15.5 Å². The van der Waals surface area contributed by atoms with Crippen molar-refractivity contribution in [3.8, 4) is 0 Å². The van der Waals surface area contributed by atoms with Crippen LogP contribution in [-0.4, -0.2) is 39.4 Å². The van der Waals surface area contributed by atoms with E-state index >= 15 is 0 Å². The number of halogens is 1. The molecule has 6 heteroatoms. The maximum Gasteiger partial charge on any atom is 0.134 e. The van der Waals surface area contributed by atoms with Crippen LogP contribution in [0.1, 0.15) is 19.2 Å². The van der Waals surface area contributed by atoms with Gasteiger partial charge >= 0.3 is 0 Å². The van der Waals surface area contributed by atoms with Crippen LogP contribution in [0.5, 0.6) is 0 Å². The van der Waals surface area contributed by atoms with Gasteiger partial charge in [-0.1, -0.05) is 18.5 Å². The highest BCUT2D eigenvalue weighted by Gasteiger charge is 2.05. The fourth-order valence-corrected chi connectivity index (χ4v) is 1.38. The third-order valence-electron chi connectivity index (χ3n) is 1.94. The molecule has 0 aromatic carbocycles. The number of hydrogen-bond donors (Lipinski definition) is 3. The molecule has 1 heterocycles. The second-order valence-electron chi connectivity index (χ2n) is 3.46. The molecule has 1 aromatic rings. The zero-order chi connectivity index (χ0) is 12.0. The van der Waals surface area contributed by atoms with Crippen molar-refractivity contribution in [2.24, 2.45) is 0 Å². The largest absolute Gasteiger partial charge is 0.394 e. The molecule has 0 saturated heterocycles. The maximum absolute atomic E-state index is 9.17. The van der Waals surface area contributed by atoms with Crippen molar-refractivity contribution in [3.63, 3.8) is 0 Å². The van der Waals surface area contributed by atoms with Crippen molar-refractivity contribution in [1.29, 1.82) is 0 Å². The quantitative estimate of drug-likeness (QED) is 0.648. The molecule has 1 atom stereocenters. The van der Waals surface area contributed by atoms with Crippen molar-refractivity contribution >= 4 is 17.4 Å². The summed E-state index contributed by atoms with van der Waals surface area (Å²) < 4.78 is 0. The van der Waals surface area contributed by atoms with Crippen LogP contribution in [0.4, 0.5) is 5.82 Å². The SMILES string of the molecule is CCCc1nc(Cl)cc(NCC(O)CO)n1. The summed E-state index contributed by atoms with van der Waals surface area (Å²) in [6, 6.07) is 1.59. The van der Waals surface area contributed by atoms with Gasteiger partial charge in [0, 0.05) is 19.0 Å². The van der Waals surface area contributed by atoms with E-state index in [1.54, 1.807) is 6.07 Å². The number of nitrogens with one attached hydrogen (secondary N) is 1. The Kier molecular flexibility index (Phi) is 5.45. The molecular weight excluding hydrogens is 230 g/mol. The van der Waals surface area contributed by atoms with E-state index in [1.165, 1.54) is 0 Å². The fourth-order valence-electron chi connectivity index (χ4n) is 1.18. The highest BCUT2D eigenvalue weighted by atomic mass is 35.5. The molecule has 0 aliphatic heterocycles. The summed E-state index contributed by atoms with van der Waals surface area (Å²) in [5.41, 5.74) is 0. The summed E-state index contributed by atoms with van der Waals surface area (Å²) in [6.07, 6.45) is 0.903. The van der Waals surface area contributed by atoms with Crippen molar-refractivity contribution in [2.45, 2.75) is 25.9 Å². The van der Waals surface area contributed by atoms with Crippen LogP contribution in [-0.2, 0) is 6.42 Å². The fraction of sp³-hybridized carbons (Fsp3) is 0.600. The normalized spacial score (nSPS) is 12.5. The molecule has 0 aliphatic carbocycles. The molecule has 3 N–H and O–H groups in total. The number of hydrogen-bond acceptors (Lipinski definition) is 5. The molecule has 16 heavy (non-hydrogen) atoms. The molecule has 0 aliphatic rings. The predicted molar refractivity (Wildman–Crippen MR) is 62.6 cm³/mol. The van der Waals surface area contributed by atoms with Gasteiger partial charge in [-0.15, -0.1) is 0 Å². The lowest BCUT2D eigenvalue weighted by Crippen LogP contribution is -2.23. The van der Waals surface area contributed by atoms with E-state index < -0.39 is 6.10 Å². The van der Waals surface area contributed by atoms with Gasteiger partial charge in [-0.05, 0) is 6.42 Å². The maximum atomic E-state index is 9.17.